The van der Waals surface area contributed by atoms with Crippen LogP contribution in [0.5, 0.6) is 0 Å². The number of thiazole rings is 2. The summed E-state index contributed by atoms with van der Waals surface area (Å²) in [5, 5.41) is 3.42. The molecule has 0 saturated carbocycles. The summed E-state index contributed by atoms with van der Waals surface area (Å²) in [6, 6.07) is 14.0. The van der Waals surface area contributed by atoms with Crippen molar-refractivity contribution in [3.8, 4) is 0 Å². The number of ether oxygens (including phenoxy) is 1. The molecule has 0 fully saturated rings. The minimum atomic E-state index is -0.261. The first kappa shape index (κ1) is 23.1. The Labute approximate surface area is 200 Å². The van der Waals surface area contributed by atoms with Crippen molar-refractivity contribution >= 4 is 55.6 Å². The van der Waals surface area contributed by atoms with E-state index in [1.165, 1.54) is 18.3 Å². The Morgan fingerprint density at radius 2 is 1.91 bits per heavy atom. The molecule has 1 amide bonds. The van der Waals surface area contributed by atoms with Gasteiger partial charge in [0.05, 0.1) is 26.6 Å². The van der Waals surface area contributed by atoms with Gasteiger partial charge in [0.2, 0.25) is 5.91 Å². The topological polar surface area (TPSA) is 72.4 Å². The second-order valence-electron chi connectivity index (χ2n) is 7.86. The number of aromatic nitrogens is 2. The maximum atomic E-state index is 12.4. The highest BCUT2D eigenvalue weighted by molar-refractivity contribution is 7.18. The number of rotatable bonds is 8. The molecule has 4 aromatic rings. The molecule has 2 aromatic carbocycles. The van der Waals surface area contributed by atoms with E-state index in [1.807, 2.05) is 55.6 Å². The molecule has 0 radical (unpaired) electrons. The highest BCUT2D eigenvalue weighted by Gasteiger charge is 2.20. The van der Waals surface area contributed by atoms with Crippen molar-refractivity contribution in [1.82, 2.24) is 9.97 Å². The van der Waals surface area contributed by atoms with Gasteiger partial charge in [0.15, 0.2) is 5.13 Å². The average molecular weight is 480 g/mol. The summed E-state index contributed by atoms with van der Waals surface area (Å²) in [5.41, 5.74) is 4.57. The van der Waals surface area contributed by atoms with Crippen LogP contribution in [0.4, 0.5) is 10.8 Å². The third kappa shape index (κ3) is 5.64. The molecule has 0 aliphatic rings. The van der Waals surface area contributed by atoms with E-state index in [4.69, 9.17) is 4.74 Å². The van der Waals surface area contributed by atoms with Gasteiger partial charge in [0, 0.05) is 18.7 Å². The Hall–Kier alpha value is -3.10. The lowest BCUT2D eigenvalue weighted by molar-refractivity contribution is -0.145. The van der Waals surface area contributed by atoms with Crippen LogP contribution >= 0.6 is 22.7 Å². The fourth-order valence-corrected chi connectivity index (χ4v) is 5.44. The standard InChI is InChI=1S/C25H25N3O3S2/c1-16-11-12-21(17(2)13-16)28(18(3)29)25-26-19(15-32-25)14-31-24(30)10-6-9-23-27-20-7-4-5-8-22(20)33-23/h4-5,7-8,11-13,15H,6,9-10,14H2,1-3H3. The number of benzene rings is 2. The Kier molecular flexibility index (Phi) is 7.15. The lowest BCUT2D eigenvalue weighted by Crippen LogP contribution is -2.23. The lowest BCUT2D eigenvalue weighted by atomic mass is 10.1. The number of carbonyl (C=O) groups is 2. The number of aryl methyl sites for hydroxylation is 3. The molecular formula is C25H25N3O3S2. The summed E-state index contributed by atoms with van der Waals surface area (Å²) in [5.74, 6) is -0.377. The number of anilines is 2. The van der Waals surface area contributed by atoms with Crippen LogP contribution in [0, 0.1) is 13.8 Å². The fraction of sp³-hybridized carbons (Fsp3) is 0.280. The maximum absolute atomic E-state index is 12.4. The molecule has 4 rings (SSSR count). The Morgan fingerprint density at radius 1 is 1.09 bits per heavy atom. The van der Waals surface area contributed by atoms with E-state index in [9.17, 15) is 9.59 Å². The van der Waals surface area contributed by atoms with Crippen molar-refractivity contribution in [1.29, 1.82) is 0 Å². The van der Waals surface area contributed by atoms with Crippen molar-refractivity contribution in [3.05, 3.63) is 69.7 Å². The predicted molar refractivity (Wildman–Crippen MR) is 133 cm³/mol. The van der Waals surface area contributed by atoms with Crippen LogP contribution in [-0.2, 0) is 27.4 Å². The molecule has 170 valence electrons. The monoisotopic (exact) mass is 479 g/mol. The number of hydrogen-bond acceptors (Lipinski definition) is 7. The van der Waals surface area contributed by atoms with Crippen molar-refractivity contribution in [3.63, 3.8) is 0 Å². The van der Waals surface area contributed by atoms with Crippen LogP contribution in [0.2, 0.25) is 0 Å². The quantitative estimate of drug-likeness (QED) is 0.285. The average Bonchev–Trinajstić information content (AvgIpc) is 3.40. The smallest absolute Gasteiger partial charge is 0.306 e. The van der Waals surface area contributed by atoms with Crippen LogP contribution in [-0.4, -0.2) is 21.8 Å². The van der Waals surface area contributed by atoms with E-state index in [0.29, 0.717) is 23.7 Å². The van der Waals surface area contributed by atoms with Gasteiger partial charge in [-0.15, -0.1) is 22.7 Å². The van der Waals surface area contributed by atoms with E-state index >= 15 is 0 Å². The summed E-state index contributed by atoms with van der Waals surface area (Å²) >= 11 is 3.02. The van der Waals surface area contributed by atoms with Crippen molar-refractivity contribution in [2.45, 2.75) is 46.6 Å². The van der Waals surface area contributed by atoms with E-state index in [-0.39, 0.29) is 18.5 Å². The molecular weight excluding hydrogens is 454 g/mol. The number of amides is 1. The normalized spacial score (nSPS) is 11.0. The van der Waals surface area contributed by atoms with Gasteiger partial charge in [-0.3, -0.25) is 14.5 Å². The van der Waals surface area contributed by atoms with Gasteiger partial charge in [-0.25, -0.2) is 9.97 Å². The number of carbonyl (C=O) groups excluding carboxylic acids is 2. The highest BCUT2D eigenvalue weighted by atomic mass is 32.1. The van der Waals surface area contributed by atoms with Crippen molar-refractivity contribution < 1.29 is 14.3 Å². The molecule has 0 aliphatic carbocycles. The second-order valence-corrected chi connectivity index (χ2v) is 9.81. The van der Waals surface area contributed by atoms with E-state index in [2.05, 4.69) is 16.0 Å². The molecule has 2 heterocycles. The second kappa shape index (κ2) is 10.2. The first-order chi connectivity index (χ1) is 15.9. The van der Waals surface area contributed by atoms with Crippen molar-refractivity contribution in [2.75, 3.05) is 4.90 Å². The summed E-state index contributed by atoms with van der Waals surface area (Å²) in [7, 11) is 0. The number of esters is 1. The van der Waals surface area contributed by atoms with Gasteiger partial charge in [-0.1, -0.05) is 29.8 Å². The third-order valence-electron chi connectivity index (χ3n) is 5.13. The van der Waals surface area contributed by atoms with Crippen LogP contribution < -0.4 is 4.90 Å². The van der Waals surface area contributed by atoms with Gasteiger partial charge in [-0.05, 0) is 50.5 Å². The summed E-state index contributed by atoms with van der Waals surface area (Å²) in [6.07, 6.45) is 1.76. The van der Waals surface area contributed by atoms with Gasteiger partial charge >= 0.3 is 5.97 Å². The SMILES string of the molecule is CC(=O)N(c1nc(COC(=O)CCCc2nc3ccccc3s2)cs1)c1ccc(C)cc1C. The zero-order valence-corrected chi connectivity index (χ0v) is 20.5. The van der Waals surface area contributed by atoms with E-state index < -0.39 is 0 Å². The molecule has 0 N–H and O–H groups in total. The number of fused-ring (bicyclic) bond motifs is 1. The Balaban J connectivity index is 1.31. The van der Waals surface area contributed by atoms with Crippen LogP contribution in [0.3, 0.4) is 0 Å². The summed E-state index contributed by atoms with van der Waals surface area (Å²) in [6.45, 7) is 5.60. The third-order valence-corrected chi connectivity index (χ3v) is 7.10. The van der Waals surface area contributed by atoms with E-state index in [1.54, 1.807) is 16.2 Å². The van der Waals surface area contributed by atoms with Crippen LogP contribution in [0.25, 0.3) is 10.2 Å². The maximum Gasteiger partial charge on any atom is 0.306 e. The van der Waals surface area contributed by atoms with Gasteiger partial charge in [0.1, 0.15) is 6.61 Å². The largest absolute Gasteiger partial charge is 0.459 e. The minimum Gasteiger partial charge on any atom is -0.459 e. The number of para-hydroxylation sites is 1. The van der Waals surface area contributed by atoms with Crippen LogP contribution in [0.1, 0.15) is 41.6 Å². The molecule has 0 spiro atoms. The Bertz CT molecular complexity index is 1260. The first-order valence-electron chi connectivity index (χ1n) is 10.7. The minimum absolute atomic E-state index is 0.0924. The summed E-state index contributed by atoms with van der Waals surface area (Å²) in [4.78, 5) is 35.3. The first-order valence-corrected chi connectivity index (χ1v) is 12.4. The van der Waals surface area contributed by atoms with Crippen LogP contribution in [0.15, 0.2) is 47.8 Å². The molecule has 0 atom stereocenters. The van der Waals surface area contributed by atoms with Gasteiger partial charge < -0.3 is 4.74 Å². The van der Waals surface area contributed by atoms with Crippen molar-refractivity contribution in [2.24, 2.45) is 0 Å². The predicted octanol–water partition coefficient (Wildman–Crippen LogP) is 6.12. The molecule has 0 saturated heterocycles. The van der Waals surface area contributed by atoms with E-state index in [0.717, 1.165) is 38.5 Å². The molecule has 2 aromatic heterocycles. The zero-order chi connectivity index (χ0) is 23.4. The number of nitrogens with zero attached hydrogens (tertiary/aromatic N) is 3. The summed E-state index contributed by atoms with van der Waals surface area (Å²) < 4.78 is 6.57. The molecule has 6 nitrogen and oxygen atoms in total. The molecule has 0 aliphatic heterocycles. The molecule has 0 unspecified atom stereocenters. The Morgan fingerprint density at radius 3 is 2.67 bits per heavy atom. The van der Waals surface area contributed by atoms with Gasteiger partial charge in [-0.2, -0.15) is 0 Å². The fourth-order valence-electron chi connectivity index (χ4n) is 3.57. The lowest BCUT2D eigenvalue weighted by Gasteiger charge is -2.20. The molecule has 0 bridgehead atoms. The van der Waals surface area contributed by atoms with Gasteiger partial charge in [0.25, 0.3) is 0 Å². The zero-order valence-electron chi connectivity index (χ0n) is 18.8. The highest BCUT2D eigenvalue weighted by Crippen LogP contribution is 2.32. The molecule has 33 heavy (non-hydrogen) atoms. The number of hydrogen-bond donors (Lipinski definition) is 0. The molecule has 8 heteroatoms.